The highest BCUT2D eigenvalue weighted by atomic mass is 19.4. The summed E-state index contributed by atoms with van der Waals surface area (Å²) in [6.07, 6.45) is -5.02. The lowest BCUT2D eigenvalue weighted by molar-refractivity contribution is -0.146. The molecule has 142 valence electrons. The van der Waals surface area contributed by atoms with Crippen LogP contribution in [0.5, 0.6) is 0 Å². The van der Waals surface area contributed by atoms with Crippen LogP contribution in [0.1, 0.15) is 42.9 Å². The Labute approximate surface area is 147 Å². The summed E-state index contributed by atoms with van der Waals surface area (Å²) >= 11 is 0. The first kappa shape index (κ1) is 19.9. The van der Waals surface area contributed by atoms with E-state index in [1.54, 1.807) is 0 Å². The fraction of sp³-hybridized carbons (Fsp3) is 0.471. The summed E-state index contributed by atoms with van der Waals surface area (Å²) in [6.45, 7) is 0. The minimum atomic E-state index is -4.55. The van der Waals surface area contributed by atoms with Gasteiger partial charge in [0.1, 0.15) is 11.8 Å². The number of benzene rings is 1. The summed E-state index contributed by atoms with van der Waals surface area (Å²) in [5.41, 5.74) is -1.03. The minimum Gasteiger partial charge on any atom is -0.480 e. The molecular formula is C17H18F3NO5. The van der Waals surface area contributed by atoms with Gasteiger partial charge >= 0.3 is 12.1 Å². The summed E-state index contributed by atoms with van der Waals surface area (Å²) in [5, 5.41) is 21.5. The molecule has 2 rings (SSSR count). The first-order chi connectivity index (χ1) is 12.1. The molecule has 26 heavy (non-hydrogen) atoms. The number of alkyl halides is 3. The number of carbonyl (C=O) groups is 3. The topological polar surface area (TPSA) is 104 Å². The van der Waals surface area contributed by atoms with E-state index in [-0.39, 0.29) is 17.8 Å². The lowest BCUT2D eigenvalue weighted by Crippen LogP contribution is -2.48. The molecule has 1 aliphatic carbocycles. The summed E-state index contributed by atoms with van der Waals surface area (Å²) in [4.78, 5) is 35.1. The molecule has 0 aromatic heterocycles. The molecule has 3 atom stereocenters. The van der Waals surface area contributed by atoms with Crippen molar-refractivity contribution >= 4 is 17.7 Å². The molecule has 6 nitrogen and oxygen atoms in total. The van der Waals surface area contributed by atoms with Crippen molar-refractivity contribution in [1.82, 2.24) is 5.32 Å². The van der Waals surface area contributed by atoms with Gasteiger partial charge in [-0.05, 0) is 36.5 Å². The van der Waals surface area contributed by atoms with Gasteiger partial charge in [0.25, 0.3) is 5.91 Å². The minimum absolute atomic E-state index is 0.0214. The van der Waals surface area contributed by atoms with E-state index in [1.165, 1.54) is 0 Å². The number of hydrogen-bond donors (Lipinski definition) is 3. The third-order valence-electron chi connectivity index (χ3n) is 4.36. The second kappa shape index (κ2) is 7.86. The van der Waals surface area contributed by atoms with Crippen LogP contribution in [-0.2, 0) is 20.6 Å². The smallest absolute Gasteiger partial charge is 0.416 e. The summed E-state index contributed by atoms with van der Waals surface area (Å²) < 4.78 is 37.6. The SMILES string of the molecule is O=C1CCC[C@H]([C@@H](NC(=O)[C@@H](O)c2ccc(C(F)(F)F)cc2)C(=O)O)C1. The van der Waals surface area contributed by atoms with E-state index in [2.05, 4.69) is 5.32 Å². The Bertz CT molecular complexity index is 687. The zero-order valence-electron chi connectivity index (χ0n) is 13.6. The van der Waals surface area contributed by atoms with Gasteiger partial charge < -0.3 is 15.5 Å². The van der Waals surface area contributed by atoms with Crippen molar-refractivity contribution in [2.75, 3.05) is 0 Å². The van der Waals surface area contributed by atoms with Crippen molar-refractivity contribution in [3.63, 3.8) is 0 Å². The molecule has 0 heterocycles. The summed E-state index contributed by atoms with van der Waals surface area (Å²) in [7, 11) is 0. The first-order valence-electron chi connectivity index (χ1n) is 7.99. The van der Waals surface area contributed by atoms with E-state index in [1.807, 2.05) is 0 Å². The fourth-order valence-electron chi connectivity index (χ4n) is 2.96. The number of aliphatic carboxylic acids is 1. The number of carboxylic acids is 1. The highest BCUT2D eigenvalue weighted by molar-refractivity contribution is 5.88. The Morgan fingerprint density at radius 2 is 1.81 bits per heavy atom. The molecule has 1 amide bonds. The number of carbonyl (C=O) groups excluding carboxylic acids is 2. The maximum Gasteiger partial charge on any atom is 0.416 e. The number of amides is 1. The molecule has 1 aromatic rings. The van der Waals surface area contributed by atoms with E-state index in [0.717, 1.165) is 24.3 Å². The highest BCUT2D eigenvalue weighted by Gasteiger charge is 2.35. The number of Topliss-reactive ketones (excluding diaryl/α,β-unsaturated/α-hetero) is 1. The number of nitrogens with one attached hydrogen (secondary N) is 1. The van der Waals surface area contributed by atoms with Gasteiger partial charge in [0.2, 0.25) is 0 Å². The molecule has 0 radical (unpaired) electrons. The van der Waals surface area contributed by atoms with Gasteiger partial charge in [-0.2, -0.15) is 13.2 Å². The van der Waals surface area contributed by atoms with Gasteiger partial charge in [-0.1, -0.05) is 12.1 Å². The van der Waals surface area contributed by atoms with Crippen LogP contribution in [-0.4, -0.2) is 33.9 Å². The molecule has 0 aliphatic heterocycles. The van der Waals surface area contributed by atoms with Crippen molar-refractivity contribution in [3.8, 4) is 0 Å². The maximum absolute atomic E-state index is 12.5. The third kappa shape index (κ3) is 4.81. The van der Waals surface area contributed by atoms with Crippen molar-refractivity contribution in [2.24, 2.45) is 5.92 Å². The second-order valence-corrected chi connectivity index (χ2v) is 6.24. The first-order valence-corrected chi connectivity index (χ1v) is 7.99. The van der Waals surface area contributed by atoms with Crippen LogP contribution in [0.25, 0.3) is 0 Å². The number of carboxylic acid groups (broad SMARTS) is 1. The molecule has 1 aromatic carbocycles. The Balaban J connectivity index is 2.08. The molecule has 1 fully saturated rings. The van der Waals surface area contributed by atoms with Gasteiger partial charge in [0, 0.05) is 12.8 Å². The Morgan fingerprint density at radius 3 is 2.31 bits per heavy atom. The van der Waals surface area contributed by atoms with Crippen LogP contribution in [0.3, 0.4) is 0 Å². The van der Waals surface area contributed by atoms with Gasteiger partial charge in [-0.3, -0.25) is 9.59 Å². The van der Waals surface area contributed by atoms with E-state index in [0.29, 0.717) is 19.3 Å². The lowest BCUT2D eigenvalue weighted by Gasteiger charge is -2.28. The van der Waals surface area contributed by atoms with E-state index >= 15 is 0 Å². The van der Waals surface area contributed by atoms with E-state index < -0.39 is 41.7 Å². The predicted molar refractivity (Wildman–Crippen MR) is 82.9 cm³/mol. The summed E-state index contributed by atoms with van der Waals surface area (Å²) in [6, 6.07) is 2.00. The second-order valence-electron chi connectivity index (χ2n) is 6.24. The predicted octanol–water partition coefficient (Wildman–Crippen LogP) is 2.07. The number of aliphatic hydroxyl groups is 1. The quantitative estimate of drug-likeness (QED) is 0.733. The number of rotatable bonds is 5. The van der Waals surface area contributed by atoms with Crippen molar-refractivity contribution < 1.29 is 37.8 Å². The van der Waals surface area contributed by atoms with Gasteiger partial charge in [0.05, 0.1) is 5.56 Å². The molecule has 1 aliphatic rings. The van der Waals surface area contributed by atoms with Crippen molar-refractivity contribution in [2.45, 2.75) is 44.0 Å². The van der Waals surface area contributed by atoms with Crippen LogP contribution >= 0.6 is 0 Å². The average Bonchev–Trinajstić information content (AvgIpc) is 2.57. The molecule has 0 saturated heterocycles. The summed E-state index contributed by atoms with van der Waals surface area (Å²) in [5.74, 6) is -3.06. The van der Waals surface area contributed by atoms with Crippen molar-refractivity contribution in [3.05, 3.63) is 35.4 Å². The van der Waals surface area contributed by atoms with Crippen LogP contribution in [0.15, 0.2) is 24.3 Å². The molecular weight excluding hydrogens is 355 g/mol. The molecule has 0 unspecified atom stereocenters. The van der Waals surface area contributed by atoms with E-state index in [4.69, 9.17) is 0 Å². The zero-order chi connectivity index (χ0) is 19.5. The highest BCUT2D eigenvalue weighted by Crippen LogP contribution is 2.30. The number of ketones is 1. The molecule has 9 heteroatoms. The van der Waals surface area contributed by atoms with Crippen LogP contribution in [0, 0.1) is 5.92 Å². The number of hydrogen-bond acceptors (Lipinski definition) is 4. The molecule has 1 saturated carbocycles. The molecule has 0 spiro atoms. The number of halogens is 3. The Hall–Kier alpha value is -2.42. The van der Waals surface area contributed by atoms with E-state index in [9.17, 15) is 37.8 Å². The molecule has 3 N–H and O–H groups in total. The van der Waals surface area contributed by atoms with Gasteiger partial charge in [0.15, 0.2) is 6.10 Å². The average molecular weight is 373 g/mol. The third-order valence-corrected chi connectivity index (χ3v) is 4.36. The standard InChI is InChI=1S/C17H18F3NO5/c18-17(19,20)11-6-4-9(5-7-11)14(23)15(24)21-13(16(25)26)10-2-1-3-12(22)8-10/h4-7,10,13-14,23H,1-3,8H2,(H,21,24)(H,25,26)/t10-,13+,14-/m0/s1. The lowest BCUT2D eigenvalue weighted by atomic mass is 9.83. The normalized spacial score (nSPS) is 20.3. The number of aliphatic hydroxyl groups excluding tert-OH is 1. The fourth-order valence-corrected chi connectivity index (χ4v) is 2.96. The largest absolute Gasteiger partial charge is 0.480 e. The van der Waals surface area contributed by atoms with Crippen LogP contribution in [0.4, 0.5) is 13.2 Å². The molecule has 0 bridgehead atoms. The zero-order valence-corrected chi connectivity index (χ0v) is 13.6. The van der Waals surface area contributed by atoms with Crippen LogP contribution < -0.4 is 5.32 Å². The van der Waals surface area contributed by atoms with Gasteiger partial charge in [-0.15, -0.1) is 0 Å². The monoisotopic (exact) mass is 373 g/mol. The maximum atomic E-state index is 12.5. The van der Waals surface area contributed by atoms with Crippen LogP contribution in [0.2, 0.25) is 0 Å². The Kier molecular flexibility index (Phi) is 6.01. The Morgan fingerprint density at radius 1 is 1.19 bits per heavy atom. The van der Waals surface area contributed by atoms with Crippen molar-refractivity contribution in [1.29, 1.82) is 0 Å². The van der Waals surface area contributed by atoms with Gasteiger partial charge in [-0.25, -0.2) is 4.79 Å².